The molecule has 5 nitrogen and oxygen atoms in total. The lowest BCUT2D eigenvalue weighted by Crippen LogP contribution is -2.29. The Hall–Kier alpha value is -1.33. The van der Waals surface area contributed by atoms with Crippen LogP contribution < -0.4 is 0 Å². The molecule has 1 amide bonds. The molecule has 7 heteroatoms. The Balaban J connectivity index is 2.23. The molecule has 1 aliphatic carbocycles. The summed E-state index contributed by atoms with van der Waals surface area (Å²) in [4.78, 5) is 24.1. The zero-order valence-corrected chi connectivity index (χ0v) is 12.6. The predicted octanol–water partition coefficient (Wildman–Crippen LogP) is 3.63. The largest absolute Gasteiger partial charge is 0.341 e. The third-order valence-electron chi connectivity index (χ3n) is 3.58. The molecule has 1 aliphatic rings. The zero-order valence-electron chi connectivity index (χ0n) is 11.1. The third kappa shape index (κ3) is 3.04. The first-order valence-corrected chi connectivity index (χ1v) is 6.95. The van der Waals surface area contributed by atoms with Gasteiger partial charge >= 0.3 is 0 Å². The van der Waals surface area contributed by atoms with Gasteiger partial charge in [0, 0.05) is 25.2 Å². The van der Waals surface area contributed by atoms with Gasteiger partial charge in [0.05, 0.1) is 9.95 Å². The second-order valence-corrected chi connectivity index (χ2v) is 5.99. The lowest BCUT2D eigenvalue weighted by atomic mass is 10.1. The first kappa shape index (κ1) is 15.1. The molecule has 0 spiro atoms. The van der Waals surface area contributed by atoms with E-state index in [1.165, 1.54) is 12.1 Å². The molecule has 1 aromatic carbocycles. The molecule has 0 aromatic heterocycles. The van der Waals surface area contributed by atoms with Crippen LogP contribution in [-0.4, -0.2) is 29.3 Å². The second kappa shape index (κ2) is 5.58. The number of amides is 1. The molecular weight excluding hydrogens is 303 g/mol. The maximum atomic E-state index is 12.3. The van der Waals surface area contributed by atoms with E-state index < -0.39 is 4.92 Å². The van der Waals surface area contributed by atoms with Crippen molar-refractivity contribution in [2.45, 2.75) is 13.3 Å². The number of rotatable bonds is 4. The van der Waals surface area contributed by atoms with Crippen LogP contribution in [0.5, 0.6) is 0 Å². The summed E-state index contributed by atoms with van der Waals surface area (Å²) >= 11 is 11.6. The van der Waals surface area contributed by atoms with Crippen molar-refractivity contribution in [1.82, 2.24) is 4.90 Å². The number of hydrogen-bond donors (Lipinski definition) is 0. The van der Waals surface area contributed by atoms with Crippen molar-refractivity contribution >= 4 is 34.8 Å². The molecule has 2 unspecified atom stereocenters. The quantitative estimate of drug-likeness (QED) is 0.629. The molecule has 0 bridgehead atoms. The number of halogens is 2. The van der Waals surface area contributed by atoms with Gasteiger partial charge in [0.2, 0.25) is 0 Å². The molecule has 0 N–H and O–H groups in total. The van der Waals surface area contributed by atoms with Crippen molar-refractivity contribution < 1.29 is 9.72 Å². The number of nitrogens with zero attached hydrogens (tertiary/aromatic N) is 2. The Morgan fingerprint density at radius 2 is 2.10 bits per heavy atom. The van der Waals surface area contributed by atoms with Crippen molar-refractivity contribution in [2.24, 2.45) is 11.8 Å². The minimum absolute atomic E-state index is 0.0115. The van der Waals surface area contributed by atoms with Gasteiger partial charge in [-0.2, -0.15) is 0 Å². The number of hydrogen-bond acceptors (Lipinski definition) is 3. The highest BCUT2D eigenvalue weighted by Crippen LogP contribution is 2.38. The molecule has 0 aliphatic heterocycles. The van der Waals surface area contributed by atoms with Crippen LogP contribution >= 0.6 is 23.2 Å². The van der Waals surface area contributed by atoms with Gasteiger partial charge in [-0.25, -0.2) is 0 Å². The first-order chi connectivity index (χ1) is 9.31. The van der Waals surface area contributed by atoms with E-state index in [-0.39, 0.29) is 27.2 Å². The summed E-state index contributed by atoms with van der Waals surface area (Å²) in [6.07, 6.45) is 1.11. The summed E-state index contributed by atoms with van der Waals surface area (Å²) in [6.45, 7) is 2.78. The fraction of sp³-hybridized carbons (Fsp3) is 0.462. The van der Waals surface area contributed by atoms with E-state index in [9.17, 15) is 14.9 Å². The molecule has 20 heavy (non-hydrogen) atoms. The first-order valence-electron chi connectivity index (χ1n) is 6.20. The fourth-order valence-corrected chi connectivity index (χ4v) is 2.53. The molecule has 1 saturated carbocycles. The summed E-state index contributed by atoms with van der Waals surface area (Å²) in [5, 5.41) is 10.8. The van der Waals surface area contributed by atoms with Gasteiger partial charge in [-0.1, -0.05) is 30.1 Å². The minimum Gasteiger partial charge on any atom is -0.341 e. The van der Waals surface area contributed by atoms with Gasteiger partial charge in [-0.05, 0) is 24.3 Å². The lowest BCUT2D eigenvalue weighted by Gasteiger charge is -2.17. The smallest absolute Gasteiger partial charge is 0.290 e. The van der Waals surface area contributed by atoms with Crippen molar-refractivity contribution in [1.29, 1.82) is 0 Å². The van der Waals surface area contributed by atoms with Gasteiger partial charge in [0.25, 0.3) is 11.6 Å². The lowest BCUT2D eigenvalue weighted by molar-refractivity contribution is -0.384. The molecule has 2 atom stereocenters. The van der Waals surface area contributed by atoms with Crippen LogP contribution in [0.1, 0.15) is 23.7 Å². The summed E-state index contributed by atoms with van der Waals surface area (Å²) in [5.41, 5.74) is -0.169. The van der Waals surface area contributed by atoms with Crippen LogP contribution in [0.15, 0.2) is 12.1 Å². The normalized spacial score (nSPS) is 20.6. The number of carbonyl (C=O) groups excluding carboxylic acids is 1. The Morgan fingerprint density at radius 1 is 1.50 bits per heavy atom. The van der Waals surface area contributed by atoms with Gasteiger partial charge in [-0.15, -0.1) is 0 Å². The highest BCUT2D eigenvalue weighted by atomic mass is 35.5. The summed E-state index contributed by atoms with van der Waals surface area (Å²) in [5.74, 6) is 0.862. The van der Waals surface area contributed by atoms with E-state index >= 15 is 0 Å². The van der Waals surface area contributed by atoms with Crippen LogP contribution in [0.3, 0.4) is 0 Å². The van der Waals surface area contributed by atoms with Gasteiger partial charge in [-0.3, -0.25) is 14.9 Å². The van der Waals surface area contributed by atoms with Crippen LogP contribution in [0, 0.1) is 22.0 Å². The van der Waals surface area contributed by atoms with Crippen molar-refractivity contribution in [3.8, 4) is 0 Å². The van der Waals surface area contributed by atoms with Crippen LogP contribution in [0.25, 0.3) is 0 Å². The molecule has 1 aromatic rings. The fourth-order valence-electron chi connectivity index (χ4n) is 2.14. The number of nitro benzene ring substituents is 1. The third-order valence-corrected chi connectivity index (χ3v) is 4.38. The molecule has 0 radical (unpaired) electrons. The van der Waals surface area contributed by atoms with E-state index in [1.807, 2.05) is 0 Å². The molecule has 108 valence electrons. The summed E-state index contributed by atoms with van der Waals surface area (Å²) in [6, 6.07) is 2.54. The van der Waals surface area contributed by atoms with E-state index in [4.69, 9.17) is 23.2 Å². The van der Waals surface area contributed by atoms with Gasteiger partial charge < -0.3 is 4.90 Å². The SMILES string of the molecule is CC1CC1CN(C)C(=O)c1cc(Cl)c(Cl)c([N+](=O)[O-])c1. The second-order valence-electron chi connectivity index (χ2n) is 5.21. The Labute approximate surface area is 126 Å². The summed E-state index contributed by atoms with van der Waals surface area (Å²) in [7, 11) is 1.68. The topological polar surface area (TPSA) is 63.5 Å². The van der Waals surface area contributed by atoms with Crippen LogP contribution in [0.2, 0.25) is 10.0 Å². The standard InChI is InChI=1S/C13H14Cl2N2O3/c1-7-3-9(7)6-16(2)13(18)8-4-10(14)12(15)11(5-8)17(19)20/h4-5,7,9H,3,6H2,1-2H3. The van der Waals surface area contributed by atoms with E-state index in [1.54, 1.807) is 11.9 Å². The predicted molar refractivity (Wildman–Crippen MR) is 77.3 cm³/mol. The Morgan fingerprint density at radius 3 is 2.60 bits per heavy atom. The van der Waals surface area contributed by atoms with Crippen molar-refractivity contribution in [3.05, 3.63) is 37.9 Å². The minimum atomic E-state index is -0.645. The Kier molecular flexibility index (Phi) is 4.20. The monoisotopic (exact) mass is 316 g/mol. The summed E-state index contributed by atoms with van der Waals surface area (Å²) < 4.78 is 0. The molecule has 0 saturated heterocycles. The van der Waals surface area contributed by atoms with E-state index in [0.29, 0.717) is 18.4 Å². The molecule has 0 heterocycles. The van der Waals surface area contributed by atoms with Gasteiger partial charge in [0.15, 0.2) is 0 Å². The average Bonchev–Trinajstić information content (AvgIpc) is 3.06. The van der Waals surface area contributed by atoms with Crippen molar-refractivity contribution in [3.63, 3.8) is 0 Å². The Bertz CT molecular complexity index is 577. The number of nitro groups is 1. The number of carbonyl (C=O) groups is 1. The van der Waals surface area contributed by atoms with Gasteiger partial charge in [0.1, 0.15) is 5.02 Å². The highest BCUT2D eigenvalue weighted by Gasteiger charge is 2.34. The molecular formula is C13H14Cl2N2O3. The van der Waals surface area contributed by atoms with E-state index in [2.05, 4.69) is 6.92 Å². The maximum absolute atomic E-state index is 12.3. The van der Waals surface area contributed by atoms with E-state index in [0.717, 1.165) is 6.42 Å². The van der Waals surface area contributed by atoms with Crippen molar-refractivity contribution in [2.75, 3.05) is 13.6 Å². The highest BCUT2D eigenvalue weighted by molar-refractivity contribution is 6.43. The zero-order chi connectivity index (χ0) is 15.0. The van der Waals surface area contributed by atoms with Crippen LogP contribution in [-0.2, 0) is 0 Å². The molecule has 2 rings (SSSR count). The number of benzene rings is 1. The average molecular weight is 317 g/mol. The maximum Gasteiger partial charge on any atom is 0.290 e. The molecule has 1 fully saturated rings. The van der Waals surface area contributed by atoms with Crippen LogP contribution in [0.4, 0.5) is 5.69 Å².